The summed E-state index contributed by atoms with van der Waals surface area (Å²) in [5.41, 5.74) is 0.0347. The first-order valence-electron chi connectivity index (χ1n) is 8.70. The lowest BCUT2D eigenvalue weighted by Crippen LogP contribution is -2.51. The number of ether oxygens (including phenoxy) is 1. The van der Waals surface area contributed by atoms with Crippen LogP contribution in [0.15, 0.2) is 24.5 Å². The Kier molecular flexibility index (Phi) is 6.54. The predicted molar refractivity (Wildman–Crippen MR) is 95.6 cm³/mol. The molecule has 0 atom stereocenters. The second-order valence-electron chi connectivity index (χ2n) is 7.09. The zero-order valence-electron chi connectivity index (χ0n) is 15.5. The first-order valence-corrected chi connectivity index (χ1v) is 8.70. The summed E-state index contributed by atoms with van der Waals surface area (Å²) in [6.07, 6.45) is 2.85. The van der Waals surface area contributed by atoms with Crippen LogP contribution in [-0.2, 0) is 9.53 Å². The molecule has 8 heteroatoms. The van der Waals surface area contributed by atoms with Crippen LogP contribution < -0.4 is 5.32 Å². The van der Waals surface area contributed by atoms with Crippen LogP contribution in [0.5, 0.6) is 0 Å². The van der Waals surface area contributed by atoms with Gasteiger partial charge in [-0.25, -0.2) is 4.79 Å². The maximum absolute atomic E-state index is 12.4. The van der Waals surface area contributed by atoms with Gasteiger partial charge in [-0.05, 0) is 32.9 Å². The largest absolute Gasteiger partial charge is 0.444 e. The van der Waals surface area contributed by atoms with Crippen molar-refractivity contribution in [1.29, 1.82) is 0 Å². The number of carbonyl (C=O) groups is 3. The molecule has 0 unspecified atom stereocenters. The van der Waals surface area contributed by atoms with Crippen molar-refractivity contribution < 1.29 is 19.1 Å². The molecule has 2 rings (SSSR count). The minimum Gasteiger partial charge on any atom is -0.444 e. The summed E-state index contributed by atoms with van der Waals surface area (Å²) in [4.78, 5) is 43.5. The van der Waals surface area contributed by atoms with E-state index in [-0.39, 0.29) is 24.8 Å². The molecule has 1 fully saturated rings. The van der Waals surface area contributed by atoms with Gasteiger partial charge in [0.15, 0.2) is 0 Å². The van der Waals surface area contributed by atoms with Crippen molar-refractivity contribution in [3.05, 3.63) is 30.1 Å². The fourth-order valence-electron chi connectivity index (χ4n) is 2.58. The molecule has 26 heavy (non-hydrogen) atoms. The van der Waals surface area contributed by atoms with Crippen molar-refractivity contribution in [1.82, 2.24) is 20.1 Å². The van der Waals surface area contributed by atoms with E-state index in [1.54, 1.807) is 55.1 Å². The van der Waals surface area contributed by atoms with Gasteiger partial charge in [0.1, 0.15) is 5.60 Å². The van der Waals surface area contributed by atoms with Crippen LogP contribution in [0.25, 0.3) is 0 Å². The Balaban J connectivity index is 1.71. The van der Waals surface area contributed by atoms with E-state index in [4.69, 9.17) is 4.74 Å². The molecule has 1 aromatic heterocycles. The van der Waals surface area contributed by atoms with E-state index in [1.165, 1.54) is 0 Å². The van der Waals surface area contributed by atoms with Gasteiger partial charge in [0.2, 0.25) is 5.91 Å². The molecule has 0 spiro atoms. The van der Waals surface area contributed by atoms with Gasteiger partial charge < -0.3 is 19.9 Å². The Bertz CT molecular complexity index is 634. The molecule has 1 aromatic rings. The zero-order chi connectivity index (χ0) is 19.2. The number of amides is 3. The highest BCUT2D eigenvalue weighted by Crippen LogP contribution is 2.09. The normalized spacial score (nSPS) is 14.7. The number of aromatic nitrogens is 1. The van der Waals surface area contributed by atoms with E-state index < -0.39 is 11.7 Å². The van der Waals surface area contributed by atoms with Crippen LogP contribution in [0, 0.1) is 0 Å². The van der Waals surface area contributed by atoms with Crippen LogP contribution >= 0.6 is 0 Å². The highest BCUT2D eigenvalue weighted by Gasteiger charge is 2.24. The number of hydrogen-bond donors (Lipinski definition) is 1. The second kappa shape index (κ2) is 8.64. The molecule has 0 aliphatic carbocycles. The van der Waals surface area contributed by atoms with E-state index in [1.807, 2.05) is 0 Å². The molecule has 1 saturated heterocycles. The molecule has 2 heterocycles. The number of carbonyl (C=O) groups excluding carboxylic acids is 3. The van der Waals surface area contributed by atoms with Crippen LogP contribution in [0.3, 0.4) is 0 Å². The van der Waals surface area contributed by atoms with Gasteiger partial charge in [0.05, 0.1) is 0 Å². The maximum atomic E-state index is 12.4. The fraction of sp³-hybridized carbons (Fsp3) is 0.556. The van der Waals surface area contributed by atoms with Crippen molar-refractivity contribution in [3.63, 3.8) is 0 Å². The van der Waals surface area contributed by atoms with Crippen LogP contribution in [-0.4, -0.2) is 71.0 Å². The lowest BCUT2D eigenvalue weighted by Gasteiger charge is -2.35. The average Bonchev–Trinajstić information content (AvgIpc) is 2.60. The Morgan fingerprint density at radius 2 is 1.65 bits per heavy atom. The van der Waals surface area contributed by atoms with Crippen molar-refractivity contribution in [2.75, 3.05) is 32.7 Å². The standard InChI is InChI=1S/C18H26N4O4/c1-18(2,3)26-17(25)20-9-6-15(23)21-10-12-22(13-11-21)16(24)14-4-7-19-8-5-14/h4-5,7-8H,6,9-13H2,1-3H3,(H,20,25). The van der Waals surface area contributed by atoms with Gasteiger partial charge >= 0.3 is 6.09 Å². The molecule has 0 aromatic carbocycles. The van der Waals surface area contributed by atoms with Gasteiger partial charge in [-0.1, -0.05) is 0 Å². The number of pyridine rings is 1. The fourth-order valence-corrected chi connectivity index (χ4v) is 2.58. The number of nitrogens with zero attached hydrogens (tertiary/aromatic N) is 3. The number of alkyl carbamates (subject to hydrolysis) is 1. The van der Waals surface area contributed by atoms with Gasteiger partial charge in [0.25, 0.3) is 5.91 Å². The van der Waals surface area contributed by atoms with E-state index >= 15 is 0 Å². The average molecular weight is 362 g/mol. The van der Waals surface area contributed by atoms with Crippen molar-refractivity contribution in [3.8, 4) is 0 Å². The van der Waals surface area contributed by atoms with Gasteiger partial charge in [-0.3, -0.25) is 14.6 Å². The first kappa shape index (κ1) is 19.7. The van der Waals surface area contributed by atoms with Crippen LogP contribution in [0.4, 0.5) is 4.79 Å². The summed E-state index contributed by atoms with van der Waals surface area (Å²) in [6, 6.07) is 3.37. The minimum atomic E-state index is -0.564. The Morgan fingerprint density at radius 1 is 1.08 bits per heavy atom. The Hall–Kier alpha value is -2.64. The summed E-state index contributed by atoms with van der Waals surface area (Å²) >= 11 is 0. The van der Waals surface area contributed by atoms with E-state index in [9.17, 15) is 14.4 Å². The molecule has 0 radical (unpaired) electrons. The van der Waals surface area contributed by atoms with E-state index in [0.29, 0.717) is 31.7 Å². The molecule has 3 amide bonds. The monoisotopic (exact) mass is 362 g/mol. The number of rotatable bonds is 4. The topological polar surface area (TPSA) is 91.8 Å². The third kappa shape index (κ3) is 6.02. The molecule has 142 valence electrons. The summed E-state index contributed by atoms with van der Waals surface area (Å²) in [5.74, 6) is -0.0943. The zero-order valence-corrected chi connectivity index (χ0v) is 15.5. The molecule has 1 N–H and O–H groups in total. The minimum absolute atomic E-state index is 0.0444. The smallest absolute Gasteiger partial charge is 0.407 e. The third-order valence-corrected chi connectivity index (χ3v) is 3.85. The van der Waals surface area contributed by atoms with Crippen LogP contribution in [0.2, 0.25) is 0 Å². The molecule has 1 aliphatic heterocycles. The van der Waals surface area contributed by atoms with Crippen LogP contribution in [0.1, 0.15) is 37.6 Å². The highest BCUT2D eigenvalue weighted by molar-refractivity contribution is 5.94. The SMILES string of the molecule is CC(C)(C)OC(=O)NCCC(=O)N1CCN(C(=O)c2ccncc2)CC1. The predicted octanol–water partition coefficient (Wildman–Crippen LogP) is 1.28. The molecular weight excluding hydrogens is 336 g/mol. The van der Waals surface area contributed by atoms with Crippen molar-refractivity contribution in [2.45, 2.75) is 32.8 Å². The lowest BCUT2D eigenvalue weighted by molar-refractivity contribution is -0.132. The van der Waals surface area contributed by atoms with Crippen molar-refractivity contribution in [2.24, 2.45) is 0 Å². The number of nitrogens with one attached hydrogen (secondary N) is 1. The van der Waals surface area contributed by atoms with Gasteiger partial charge in [-0.2, -0.15) is 0 Å². The third-order valence-electron chi connectivity index (χ3n) is 3.85. The quantitative estimate of drug-likeness (QED) is 0.871. The summed E-state index contributed by atoms with van der Waals surface area (Å²) in [7, 11) is 0. The first-order chi connectivity index (χ1) is 12.3. The number of piperazine rings is 1. The summed E-state index contributed by atoms with van der Waals surface area (Å²) < 4.78 is 5.12. The van der Waals surface area contributed by atoms with Crippen molar-refractivity contribution >= 4 is 17.9 Å². The van der Waals surface area contributed by atoms with E-state index in [0.717, 1.165) is 0 Å². The second-order valence-corrected chi connectivity index (χ2v) is 7.09. The highest BCUT2D eigenvalue weighted by atomic mass is 16.6. The molecule has 0 saturated carbocycles. The Labute approximate surface area is 153 Å². The molecule has 1 aliphatic rings. The number of hydrogen-bond acceptors (Lipinski definition) is 5. The lowest BCUT2D eigenvalue weighted by atomic mass is 10.2. The molecule has 0 bridgehead atoms. The summed E-state index contributed by atoms with van der Waals surface area (Å²) in [5, 5.41) is 2.58. The van der Waals surface area contributed by atoms with Gasteiger partial charge in [0, 0.05) is 57.1 Å². The molecule has 8 nitrogen and oxygen atoms in total. The summed E-state index contributed by atoms with van der Waals surface area (Å²) in [6.45, 7) is 7.53. The van der Waals surface area contributed by atoms with Gasteiger partial charge in [-0.15, -0.1) is 0 Å². The molecular formula is C18H26N4O4. The maximum Gasteiger partial charge on any atom is 0.407 e. The van der Waals surface area contributed by atoms with E-state index in [2.05, 4.69) is 10.3 Å². The Morgan fingerprint density at radius 3 is 2.23 bits per heavy atom.